The van der Waals surface area contributed by atoms with Gasteiger partial charge in [0.05, 0.1) is 0 Å². The highest BCUT2D eigenvalue weighted by Gasteiger charge is 2.54. The van der Waals surface area contributed by atoms with Gasteiger partial charge in [-0.2, -0.15) is 0 Å². The smallest absolute Gasteiger partial charge is 0.352 e. The monoisotopic (exact) mass is 575 g/mol. The number of thiazole rings is 1. The number of oxime groups is 1. The minimum atomic E-state index is -1.32. The number of amides is 3. The second-order valence-electron chi connectivity index (χ2n) is 9.39. The lowest BCUT2D eigenvalue weighted by Crippen LogP contribution is -2.71. The number of nitrogen functional groups attached to an aromatic ring is 1. The van der Waals surface area contributed by atoms with E-state index in [1.54, 1.807) is 15.9 Å². The first-order valence-corrected chi connectivity index (χ1v) is 13.8. The number of nitrogens with zero attached hydrogens (tertiary/aromatic N) is 5. The van der Waals surface area contributed by atoms with Crippen molar-refractivity contribution in [2.24, 2.45) is 16.8 Å². The topological polar surface area (TPSA) is 232 Å². The Bertz CT molecular complexity index is 1370. The van der Waals surface area contributed by atoms with Crippen LogP contribution in [0.25, 0.3) is 0 Å². The highest BCUT2D eigenvalue weighted by atomic mass is 32.2. The number of fused-ring (bicyclic) bond motifs is 1. The molecule has 5 heterocycles. The molecule has 3 fully saturated rings. The van der Waals surface area contributed by atoms with Crippen LogP contribution in [0.5, 0.6) is 0 Å². The SMILES string of the molecule is N=C(N)N1CC(CN2CCC(=CC3=C(C(=O)O)N4C(=O)[C@@H](NC(=O)/C(=N\O)c5csc(N)n5)[C@H]4SC3)C2=O)C1. The number of hydrogen-bond acceptors (Lipinski definition) is 11. The van der Waals surface area contributed by atoms with Crippen LogP contribution in [0.15, 0.2) is 33.5 Å². The zero-order valence-electron chi connectivity index (χ0n) is 20.4. The van der Waals surface area contributed by atoms with Gasteiger partial charge in [-0.25, -0.2) is 9.78 Å². The summed E-state index contributed by atoms with van der Waals surface area (Å²) in [5, 5.41) is 33.0. The largest absolute Gasteiger partial charge is 0.477 e. The number of allylic oxidation sites excluding steroid dienone is 1. The Balaban J connectivity index is 1.27. The zero-order valence-corrected chi connectivity index (χ0v) is 22.0. The number of aromatic nitrogens is 1. The Labute approximate surface area is 229 Å². The summed E-state index contributed by atoms with van der Waals surface area (Å²) in [6.45, 7) is 2.26. The van der Waals surface area contributed by atoms with Crippen LogP contribution in [-0.2, 0) is 19.2 Å². The number of aliphatic carboxylic acids is 1. The summed E-state index contributed by atoms with van der Waals surface area (Å²) in [5.74, 6) is -2.56. The molecule has 5 rings (SSSR count). The number of carbonyl (C=O) groups excluding carboxylic acids is 3. The van der Waals surface area contributed by atoms with E-state index in [-0.39, 0.29) is 40.1 Å². The molecule has 0 spiro atoms. The molecule has 3 amide bonds. The van der Waals surface area contributed by atoms with Crippen LogP contribution in [0.3, 0.4) is 0 Å². The number of carboxylic acid groups (broad SMARTS) is 1. The van der Waals surface area contributed by atoms with Gasteiger partial charge in [0, 0.05) is 48.8 Å². The van der Waals surface area contributed by atoms with Gasteiger partial charge in [0.1, 0.15) is 22.8 Å². The van der Waals surface area contributed by atoms with Gasteiger partial charge < -0.3 is 36.9 Å². The minimum Gasteiger partial charge on any atom is -0.477 e. The molecule has 39 heavy (non-hydrogen) atoms. The Morgan fingerprint density at radius 2 is 2.08 bits per heavy atom. The summed E-state index contributed by atoms with van der Waals surface area (Å²) in [6.07, 6.45) is 2.00. The highest BCUT2D eigenvalue weighted by Crippen LogP contribution is 2.41. The quantitative estimate of drug-likeness (QED) is 0.0554. The standard InChI is InChI=1S/C22H25N9O6S2/c23-21(24)30-5-9(6-30)4-29-2-1-10(17(29)33)3-11-7-38-19-14(18(34)31(19)15(11)20(35)36)27-16(32)13(28-37)12-8-39-22(25)26-12/h3,8-9,14,19,37H,1-2,4-7H2,(H3,23,24)(H2,25,26)(H,27,32)(H,35,36)/b10-3?,28-13-/t14-,19-/m1/s1. The van der Waals surface area contributed by atoms with Crippen LogP contribution in [0, 0.1) is 11.3 Å². The van der Waals surface area contributed by atoms with E-state index in [4.69, 9.17) is 16.9 Å². The Morgan fingerprint density at radius 1 is 1.33 bits per heavy atom. The number of thioether (sulfide) groups is 1. The molecule has 0 unspecified atom stereocenters. The number of nitrogens with one attached hydrogen (secondary N) is 2. The molecule has 2 atom stereocenters. The van der Waals surface area contributed by atoms with E-state index >= 15 is 0 Å². The molecule has 4 aliphatic heterocycles. The number of carbonyl (C=O) groups is 4. The molecule has 1 aromatic rings. The fraction of sp³-hybridized carbons (Fsp3) is 0.409. The van der Waals surface area contributed by atoms with Gasteiger partial charge in [-0.05, 0) is 18.1 Å². The molecule has 1 aromatic heterocycles. The van der Waals surface area contributed by atoms with Crippen molar-refractivity contribution in [1.82, 2.24) is 25.0 Å². The molecule has 0 aliphatic carbocycles. The summed E-state index contributed by atoms with van der Waals surface area (Å²) in [6, 6.07) is -1.04. The Kier molecular flexibility index (Phi) is 6.94. The molecule has 17 heteroatoms. The molecule has 0 aromatic carbocycles. The average molecular weight is 576 g/mol. The van der Waals surface area contributed by atoms with Gasteiger partial charge in [-0.15, -0.1) is 23.1 Å². The maximum Gasteiger partial charge on any atom is 0.352 e. The van der Waals surface area contributed by atoms with E-state index < -0.39 is 34.9 Å². The third-order valence-corrected chi connectivity index (χ3v) is 8.88. The van der Waals surface area contributed by atoms with E-state index in [9.17, 15) is 29.5 Å². The number of hydrogen-bond donors (Lipinski definition) is 6. The first-order chi connectivity index (χ1) is 18.6. The molecule has 206 valence electrons. The van der Waals surface area contributed by atoms with Crippen molar-refractivity contribution in [1.29, 1.82) is 5.41 Å². The maximum atomic E-state index is 13.0. The van der Waals surface area contributed by atoms with E-state index in [0.717, 1.165) is 16.2 Å². The van der Waals surface area contributed by atoms with Gasteiger partial charge in [0.25, 0.3) is 11.8 Å². The molecule has 3 saturated heterocycles. The minimum absolute atomic E-state index is 0.00907. The third-order valence-electron chi connectivity index (χ3n) is 6.90. The molecule has 0 saturated carbocycles. The summed E-state index contributed by atoms with van der Waals surface area (Å²) in [7, 11) is 0. The van der Waals surface area contributed by atoms with E-state index in [1.807, 2.05) is 0 Å². The predicted molar refractivity (Wildman–Crippen MR) is 141 cm³/mol. The molecule has 15 nitrogen and oxygen atoms in total. The molecule has 0 bridgehead atoms. The van der Waals surface area contributed by atoms with Crippen LogP contribution in [0.1, 0.15) is 12.1 Å². The fourth-order valence-corrected chi connectivity index (χ4v) is 6.81. The summed E-state index contributed by atoms with van der Waals surface area (Å²) < 4.78 is 0. The van der Waals surface area contributed by atoms with Crippen molar-refractivity contribution in [3.8, 4) is 0 Å². The zero-order chi connectivity index (χ0) is 28.0. The first-order valence-electron chi connectivity index (χ1n) is 11.8. The molecule has 4 aliphatic rings. The van der Waals surface area contributed by atoms with Gasteiger partial charge in [-0.1, -0.05) is 5.16 Å². The summed E-state index contributed by atoms with van der Waals surface area (Å²) >= 11 is 2.30. The van der Waals surface area contributed by atoms with Crippen LogP contribution in [0.2, 0.25) is 0 Å². The van der Waals surface area contributed by atoms with Crippen LogP contribution < -0.4 is 16.8 Å². The van der Waals surface area contributed by atoms with Crippen molar-refractivity contribution in [2.75, 3.05) is 37.7 Å². The molecule has 0 radical (unpaired) electrons. The normalized spacial score (nSPS) is 24.6. The number of β-lactam (4-membered cyclic amide) rings is 1. The second-order valence-corrected chi connectivity index (χ2v) is 11.4. The first kappa shape index (κ1) is 26.5. The van der Waals surface area contributed by atoms with Gasteiger partial charge >= 0.3 is 5.97 Å². The second kappa shape index (κ2) is 10.2. The number of nitrogens with two attached hydrogens (primary N) is 2. The lowest BCUT2D eigenvalue weighted by molar-refractivity contribution is -0.150. The molecular formula is C22H25N9O6S2. The lowest BCUT2D eigenvalue weighted by atomic mass is 10.00. The van der Waals surface area contributed by atoms with E-state index in [0.29, 0.717) is 43.7 Å². The number of rotatable bonds is 7. The average Bonchev–Trinajstić information content (AvgIpc) is 3.44. The number of anilines is 1. The number of guanidine groups is 1. The van der Waals surface area contributed by atoms with Crippen LogP contribution in [-0.4, -0.2) is 109 Å². The van der Waals surface area contributed by atoms with Gasteiger partial charge in [0.15, 0.2) is 16.8 Å². The predicted octanol–water partition coefficient (Wildman–Crippen LogP) is -1.37. The van der Waals surface area contributed by atoms with Crippen molar-refractivity contribution in [3.63, 3.8) is 0 Å². The fourth-order valence-electron chi connectivity index (χ4n) is 4.95. The summed E-state index contributed by atoms with van der Waals surface area (Å²) in [4.78, 5) is 59.3. The lowest BCUT2D eigenvalue weighted by Gasteiger charge is -2.49. The number of likely N-dealkylation sites (tertiary alicyclic amines) is 2. The maximum absolute atomic E-state index is 13.0. The molecular weight excluding hydrogens is 550 g/mol. The highest BCUT2D eigenvalue weighted by molar-refractivity contribution is 8.00. The summed E-state index contributed by atoms with van der Waals surface area (Å²) in [5.41, 5.74) is 11.2. The van der Waals surface area contributed by atoms with Crippen molar-refractivity contribution in [3.05, 3.63) is 34.0 Å². The molecule has 8 N–H and O–H groups in total. The van der Waals surface area contributed by atoms with E-state index in [2.05, 4.69) is 15.5 Å². The van der Waals surface area contributed by atoms with Crippen LogP contribution in [0.4, 0.5) is 5.13 Å². The number of carboxylic acids is 1. The van der Waals surface area contributed by atoms with Crippen molar-refractivity contribution in [2.45, 2.75) is 17.8 Å². The Morgan fingerprint density at radius 3 is 2.69 bits per heavy atom. The third kappa shape index (κ3) is 4.78. The van der Waals surface area contributed by atoms with Crippen LogP contribution >= 0.6 is 23.1 Å². The van der Waals surface area contributed by atoms with Gasteiger partial charge in [0.2, 0.25) is 5.91 Å². The Hall–Kier alpha value is -4.12. The van der Waals surface area contributed by atoms with Crippen molar-refractivity contribution >= 4 is 63.6 Å². The van der Waals surface area contributed by atoms with Gasteiger partial charge in [-0.3, -0.25) is 24.7 Å². The van der Waals surface area contributed by atoms with Crippen molar-refractivity contribution < 1.29 is 29.5 Å². The van der Waals surface area contributed by atoms with E-state index in [1.165, 1.54) is 17.1 Å².